The highest BCUT2D eigenvalue weighted by molar-refractivity contribution is 9.10. The number of thiazole rings is 1. The molecule has 16 heavy (non-hydrogen) atoms. The third-order valence-corrected chi connectivity index (χ3v) is 3.67. The summed E-state index contributed by atoms with van der Waals surface area (Å²) in [5, 5.41) is 0.577. The van der Waals surface area contributed by atoms with Crippen molar-refractivity contribution in [3.8, 4) is 11.3 Å². The number of nitrogen functional groups attached to an aromatic ring is 1. The van der Waals surface area contributed by atoms with E-state index in [1.54, 1.807) is 0 Å². The van der Waals surface area contributed by atoms with E-state index in [0.717, 1.165) is 26.2 Å². The quantitative estimate of drug-likeness (QED) is 0.902. The van der Waals surface area contributed by atoms with Crippen molar-refractivity contribution in [2.45, 2.75) is 6.92 Å². The third-order valence-electron chi connectivity index (χ3n) is 2.13. The molecule has 0 radical (unpaired) electrons. The standard InChI is InChI=1S/C12H11BrN2S/c1-7(2)11-10(15-12(14)16-11)8-4-3-5-9(13)6-8/h3-6H,1H2,2H3,(H2,14,15). The highest BCUT2D eigenvalue weighted by atomic mass is 79.9. The molecule has 0 aliphatic heterocycles. The number of benzene rings is 1. The second-order valence-electron chi connectivity index (χ2n) is 3.52. The minimum Gasteiger partial charge on any atom is -0.375 e. The lowest BCUT2D eigenvalue weighted by Gasteiger charge is -2.01. The Kier molecular flexibility index (Phi) is 3.12. The molecule has 0 aliphatic rings. The molecule has 2 nitrogen and oxygen atoms in total. The Morgan fingerprint density at radius 3 is 2.88 bits per heavy atom. The summed E-state index contributed by atoms with van der Waals surface area (Å²) in [5.74, 6) is 0. The van der Waals surface area contributed by atoms with E-state index in [0.29, 0.717) is 5.13 Å². The van der Waals surface area contributed by atoms with E-state index in [1.807, 2.05) is 31.2 Å². The van der Waals surface area contributed by atoms with Crippen molar-refractivity contribution in [3.63, 3.8) is 0 Å². The van der Waals surface area contributed by atoms with Crippen molar-refractivity contribution in [1.29, 1.82) is 0 Å². The van der Waals surface area contributed by atoms with E-state index >= 15 is 0 Å². The predicted molar refractivity (Wildman–Crippen MR) is 74.4 cm³/mol. The van der Waals surface area contributed by atoms with Gasteiger partial charge >= 0.3 is 0 Å². The van der Waals surface area contributed by atoms with Gasteiger partial charge < -0.3 is 5.73 Å². The number of aromatic nitrogens is 1. The minimum absolute atomic E-state index is 0.577. The molecule has 0 aliphatic carbocycles. The average Bonchev–Trinajstić information content (AvgIpc) is 2.60. The zero-order valence-corrected chi connectivity index (χ0v) is 11.2. The summed E-state index contributed by atoms with van der Waals surface area (Å²) >= 11 is 4.92. The number of halogens is 1. The van der Waals surface area contributed by atoms with Gasteiger partial charge in [-0.25, -0.2) is 4.98 Å². The van der Waals surface area contributed by atoms with Crippen molar-refractivity contribution < 1.29 is 0 Å². The van der Waals surface area contributed by atoms with Crippen LogP contribution in [0, 0.1) is 0 Å². The predicted octanol–water partition coefficient (Wildman–Crippen LogP) is 4.19. The molecule has 2 N–H and O–H groups in total. The molecule has 0 bridgehead atoms. The number of rotatable bonds is 2. The molecule has 0 amide bonds. The van der Waals surface area contributed by atoms with E-state index < -0.39 is 0 Å². The second kappa shape index (κ2) is 4.39. The Hall–Kier alpha value is -1.13. The third kappa shape index (κ3) is 2.18. The van der Waals surface area contributed by atoms with Crippen LogP contribution in [0.5, 0.6) is 0 Å². The average molecular weight is 295 g/mol. The van der Waals surface area contributed by atoms with Crippen LogP contribution in [0.3, 0.4) is 0 Å². The summed E-state index contributed by atoms with van der Waals surface area (Å²) in [6.07, 6.45) is 0. The summed E-state index contributed by atoms with van der Waals surface area (Å²) in [5.41, 5.74) is 8.71. The number of hydrogen-bond donors (Lipinski definition) is 1. The van der Waals surface area contributed by atoms with Crippen LogP contribution in [0.25, 0.3) is 16.8 Å². The molecule has 2 rings (SSSR count). The Bertz CT molecular complexity index is 546. The van der Waals surface area contributed by atoms with Crippen LogP contribution in [0.15, 0.2) is 35.3 Å². The van der Waals surface area contributed by atoms with Crippen LogP contribution in [0.2, 0.25) is 0 Å². The maximum Gasteiger partial charge on any atom is 0.181 e. The molecule has 4 heteroatoms. The molecule has 0 unspecified atom stereocenters. The molecular weight excluding hydrogens is 284 g/mol. The fourth-order valence-electron chi connectivity index (χ4n) is 1.46. The van der Waals surface area contributed by atoms with Crippen molar-refractivity contribution in [2.24, 2.45) is 0 Å². The van der Waals surface area contributed by atoms with Crippen LogP contribution in [0.4, 0.5) is 5.13 Å². The maximum atomic E-state index is 5.75. The van der Waals surface area contributed by atoms with E-state index in [4.69, 9.17) is 5.73 Å². The van der Waals surface area contributed by atoms with Gasteiger partial charge in [-0.1, -0.05) is 46.0 Å². The molecule has 0 spiro atoms. The van der Waals surface area contributed by atoms with Gasteiger partial charge in [0.1, 0.15) is 0 Å². The van der Waals surface area contributed by atoms with Gasteiger partial charge in [0.25, 0.3) is 0 Å². The van der Waals surface area contributed by atoms with Crippen LogP contribution < -0.4 is 5.73 Å². The number of hydrogen-bond acceptors (Lipinski definition) is 3. The number of nitrogens with two attached hydrogens (primary N) is 1. The molecular formula is C12H11BrN2S. The summed E-state index contributed by atoms with van der Waals surface area (Å²) < 4.78 is 1.03. The van der Waals surface area contributed by atoms with E-state index in [1.165, 1.54) is 11.3 Å². The molecule has 1 aromatic carbocycles. The maximum absolute atomic E-state index is 5.75. The molecule has 0 fully saturated rings. The van der Waals surface area contributed by atoms with Gasteiger partial charge in [-0.3, -0.25) is 0 Å². The number of nitrogens with zero attached hydrogens (tertiary/aromatic N) is 1. The zero-order chi connectivity index (χ0) is 11.7. The molecule has 2 aromatic rings. The van der Waals surface area contributed by atoms with E-state index in [-0.39, 0.29) is 0 Å². The number of anilines is 1. The molecule has 1 aromatic heterocycles. The summed E-state index contributed by atoms with van der Waals surface area (Å²) in [4.78, 5) is 5.41. The first-order chi connectivity index (χ1) is 7.58. The molecule has 0 saturated carbocycles. The Labute approximate surface area is 107 Å². The fourth-order valence-corrected chi connectivity index (χ4v) is 2.64. The highest BCUT2D eigenvalue weighted by Crippen LogP contribution is 2.34. The van der Waals surface area contributed by atoms with Gasteiger partial charge in [0, 0.05) is 10.0 Å². The first-order valence-electron chi connectivity index (χ1n) is 4.76. The van der Waals surface area contributed by atoms with Gasteiger partial charge in [0.15, 0.2) is 5.13 Å². The van der Waals surface area contributed by atoms with Gasteiger partial charge in [0.2, 0.25) is 0 Å². The van der Waals surface area contributed by atoms with Gasteiger partial charge in [-0.05, 0) is 24.6 Å². The van der Waals surface area contributed by atoms with Crippen LogP contribution in [0.1, 0.15) is 11.8 Å². The smallest absolute Gasteiger partial charge is 0.181 e. The summed E-state index contributed by atoms with van der Waals surface area (Å²) in [7, 11) is 0. The summed E-state index contributed by atoms with van der Waals surface area (Å²) in [6, 6.07) is 8.02. The van der Waals surface area contributed by atoms with Crippen molar-refractivity contribution in [2.75, 3.05) is 5.73 Å². The van der Waals surface area contributed by atoms with Crippen LogP contribution in [-0.4, -0.2) is 4.98 Å². The lowest BCUT2D eigenvalue weighted by atomic mass is 10.1. The lowest BCUT2D eigenvalue weighted by molar-refractivity contribution is 1.40. The Morgan fingerprint density at radius 2 is 2.25 bits per heavy atom. The van der Waals surface area contributed by atoms with E-state index in [2.05, 4.69) is 27.5 Å². The van der Waals surface area contributed by atoms with Gasteiger partial charge in [-0.15, -0.1) is 0 Å². The highest BCUT2D eigenvalue weighted by Gasteiger charge is 2.12. The second-order valence-corrected chi connectivity index (χ2v) is 5.47. The Morgan fingerprint density at radius 1 is 1.50 bits per heavy atom. The van der Waals surface area contributed by atoms with Crippen LogP contribution >= 0.6 is 27.3 Å². The van der Waals surface area contributed by atoms with Gasteiger partial charge in [0.05, 0.1) is 10.6 Å². The largest absolute Gasteiger partial charge is 0.375 e. The molecule has 1 heterocycles. The molecule has 0 saturated heterocycles. The first-order valence-corrected chi connectivity index (χ1v) is 6.37. The lowest BCUT2D eigenvalue weighted by Crippen LogP contribution is -1.84. The molecule has 82 valence electrons. The topological polar surface area (TPSA) is 38.9 Å². The van der Waals surface area contributed by atoms with Crippen LogP contribution in [-0.2, 0) is 0 Å². The van der Waals surface area contributed by atoms with Crippen molar-refractivity contribution >= 4 is 38.0 Å². The first kappa shape index (κ1) is 11.4. The van der Waals surface area contributed by atoms with Crippen molar-refractivity contribution in [1.82, 2.24) is 4.98 Å². The molecule has 0 atom stereocenters. The normalized spacial score (nSPS) is 10.4. The monoisotopic (exact) mass is 294 g/mol. The number of allylic oxidation sites excluding steroid dienone is 1. The summed E-state index contributed by atoms with van der Waals surface area (Å²) in [6.45, 7) is 5.92. The minimum atomic E-state index is 0.577. The Balaban J connectivity index is 2.59. The SMILES string of the molecule is C=C(C)c1sc(N)nc1-c1cccc(Br)c1. The van der Waals surface area contributed by atoms with Gasteiger partial charge in [-0.2, -0.15) is 0 Å². The zero-order valence-electron chi connectivity index (χ0n) is 8.83. The van der Waals surface area contributed by atoms with E-state index in [9.17, 15) is 0 Å². The fraction of sp³-hybridized carbons (Fsp3) is 0.0833. The van der Waals surface area contributed by atoms with Crippen molar-refractivity contribution in [3.05, 3.63) is 40.2 Å².